The number of hydrogen-bond acceptors (Lipinski definition) is 4. The Bertz CT molecular complexity index is 309. The minimum absolute atomic E-state index is 0.0573. The molecule has 2 aliphatic rings. The van der Waals surface area contributed by atoms with E-state index in [1.165, 1.54) is 0 Å². The number of nitrogens with zero attached hydrogens (tertiary/aromatic N) is 3. The molecule has 2 rings (SSSR count). The zero-order valence-electron chi connectivity index (χ0n) is 6.25. The highest BCUT2D eigenvalue weighted by molar-refractivity contribution is 14.1. The largest absolute Gasteiger partial charge is 0.351 e. The first-order valence-electron chi connectivity index (χ1n) is 3.35. The van der Waals surface area contributed by atoms with Crippen LogP contribution >= 0.6 is 34.2 Å². The molecule has 0 fully saturated rings. The molecular weight excluding hydrogens is 290 g/mol. The Morgan fingerprint density at radius 3 is 3.17 bits per heavy atom. The zero-order valence-corrected chi connectivity index (χ0v) is 9.17. The number of halogens is 2. The van der Waals surface area contributed by atoms with E-state index in [0.29, 0.717) is 5.16 Å². The average Bonchev–Trinajstić information content (AvgIpc) is 2.32. The Hall–Kier alpha value is -0.300. The fourth-order valence-electron chi connectivity index (χ4n) is 1.11. The molecule has 6 heteroatoms. The Morgan fingerprint density at radius 2 is 2.50 bits per heavy atom. The highest BCUT2D eigenvalue weighted by atomic mass is 127. The summed E-state index contributed by atoms with van der Waals surface area (Å²) in [5.41, 5.74) is 0.797. The van der Waals surface area contributed by atoms with Crippen LogP contribution in [0.3, 0.4) is 0 Å². The van der Waals surface area contributed by atoms with Gasteiger partial charge < -0.3 is 10.2 Å². The summed E-state index contributed by atoms with van der Waals surface area (Å²) in [4.78, 5) is 10.2. The molecule has 0 aromatic rings. The second-order valence-electron chi connectivity index (χ2n) is 2.50. The number of aliphatic imine (C=N–C) groups is 2. The molecule has 12 heavy (non-hydrogen) atoms. The molecule has 0 amide bonds. The predicted octanol–water partition coefficient (Wildman–Crippen LogP) is 1.09. The average molecular weight is 296 g/mol. The molecule has 0 spiro atoms. The fraction of sp³-hybridized carbons (Fsp3) is 0.333. The maximum atomic E-state index is 5.85. The van der Waals surface area contributed by atoms with Crippen LogP contribution < -0.4 is 5.32 Å². The maximum absolute atomic E-state index is 5.85. The van der Waals surface area contributed by atoms with Crippen molar-refractivity contribution in [3.63, 3.8) is 0 Å². The zero-order chi connectivity index (χ0) is 8.72. The van der Waals surface area contributed by atoms with Crippen molar-refractivity contribution < 1.29 is 0 Å². The maximum Gasteiger partial charge on any atom is 0.169 e. The van der Waals surface area contributed by atoms with Crippen LogP contribution in [0, 0.1) is 0 Å². The molecule has 1 N–H and O–H groups in total. The summed E-state index contributed by atoms with van der Waals surface area (Å²) in [6.45, 7) is 0. The van der Waals surface area contributed by atoms with Gasteiger partial charge in [-0.2, -0.15) is 0 Å². The summed E-state index contributed by atoms with van der Waals surface area (Å²) in [5.74, 6) is 0. The molecule has 0 saturated heterocycles. The highest BCUT2D eigenvalue weighted by Crippen LogP contribution is 2.27. The van der Waals surface area contributed by atoms with Crippen LogP contribution in [0.4, 0.5) is 0 Å². The van der Waals surface area contributed by atoms with Gasteiger partial charge in [0.2, 0.25) is 0 Å². The van der Waals surface area contributed by atoms with Crippen molar-refractivity contribution in [2.24, 2.45) is 9.98 Å². The van der Waals surface area contributed by atoms with Crippen LogP contribution in [0.15, 0.2) is 20.8 Å². The van der Waals surface area contributed by atoms with Gasteiger partial charge in [0.15, 0.2) is 9.00 Å². The van der Waals surface area contributed by atoms with E-state index in [4.69, 9.17) is 11.6 Å². The quantitative estimate of drug-likeness (QED) is 0.537. The smallest absolute Gasteiger partial charge is 0.169 e. The Kier molecular flexibility index (Phi) is 1.99. The van der Waals surface area contributed by atoms with Crippen molar-refractivity contribution in [1.29, 1.82) is 0 Å². The van der Waals surface area contributed by atoms with Crippen LogP contribution in [0.25, 0.3) is 0 Å². The van der Waals surface area contributed by atoms with Gasteiger partial charge in [-0.1, -0.05) is 11.6 Å². The van der Waals surface area contributed by atoms with Gasteiger partial charge in [-0.25, -0.2) is 9.98 Å². The van der Waals surface area contributed by atoms with E-state index < -0.39 is 0 Å². The van der Waals surface area contributed by atoms with E-state index >= 15 is 0 Å². The van der Waals surface area contributed by atoms with E-state index in [1.807, 2.05) is 11.9 Å². The van der Waals surface area contributed by atoms with Crippen molar-refractivity contribution in [1.82, 2.24) is 10.2 Å². The standard InChI is InChI=1S/C6H6ClIN4/c1-12-5-3(11-6(12)8)4(7)9-2-10-5/h2,5H,1H3,(H,9,10). The topological polar surface area (TPSA) is 40.0 Å². The summed E-state index contributed by atoms with van der Waals surface area (Å²) in [5, 5.41) is 3.53. The second kappa shape index (κ2) is 2.88. The molecule has 0 saturated carbocycles. The molecule has 1 unspecified atom stereocenters. The third kappa shape index (κ3) is 1.11. The highest BCUT2D eigenvalue weighted by Gasteiger charge is 2.31. The number of likely N-dealkylation sites (N-methyl/N-ethyl adjacent to an activating group) is 1. The second-order valence-corrected chi connectivity index (χ2v) is 3.82. The van der Waals surface area contributed by atoms with Gasteiger partial charge >= 0.3 is 0 Å². The van der Waals surface area contributed by atoms with Crippen molar-refractivity contribution in [3.8, 4) is 0 Å². The Labute approximate surface area is 88.5 Å². The van der Waals surface area contributed by atoms with Gasteiger partial charge in [-0.15, -0.1) is 0 Å². The Morgan fingerprint density at radius 1 is 1.75 bits per heavy atom. The summed E-state index contributed by atoms with van der Waals surface area (Å²) in [6.07, 6.45) is 1.65. The molecular formula is C6H6ClIN4. The predicted molar refractivity (Wildman–Crippen MR) is 57.5 cm³/mol. The Balaban J connectivity index is 2.43. The summed E-state index contributed by atoms with van der Waals surface area (Å²) < 4.78 is 0.920. The first kappa shape index (κ1) is 8.31. The van der Waals surface area contributed by atoms with Crippen LogP contribution in [-0.4, -0.2) is 28.3 Å². The first-order valence-corrected chi connectivity index (χ1v) is 4.81. The lowest BCUT2D eigenvalue weighted by Crippen LogP contribution is -2.42. The van der Waals surface area contributed by atoms with Gasteiger partial charge in [0.25, 0.3) is 0 Å². The summed E-state index contributed by atoms with van der Waals surface area (Å²) in [7, 11) is 1.96. The van der Waals surface area contributed by atoms with Crippen molar-refractivity contribution >= 4 is 44.4 Å². The normalized spacial score (nSPS) is 27.1. The molecule has 64 valence electrons. The van der Waals surface area contributed by atoms with Crippen molar-refractivity contribution in [2.75, 3.05) is 7.05 Å². The molecule has 0 radical (unpaired) electrons. The number of amidine groups is 1. The van der Waals surface area contributed by atoms with Gasteiger partial charge in [0.1, 0.15) is 11.9 Å². The van der Waals surface area contributed by atoms with Crippen LogP contribution in [0.2, 0.25) is 0 Å². The molecule has 0 aliphatic carbocycles. The number of hydrogen-bond donors (Lipinski definition) is 1. The van der Waals surface area contributed by atoms with Gasteiger partial charge in [-0.3, -0.25) is 0 Å². The minimum Gasteiger partial charge on any atom is -0.351 e. The monoisotopic (exact) mass is 296 g/mol. The van der Waals surface area contributed by atoms with Crippen LogP contribution in [0.5, 0.6) is 0 Å². The third-order valence-corrected chi connectivity index (χ3v) is 3.07. The van der Waals surface area contributed by atoms with Crippen molar-refractivity contribution in [3.05, 3.63) is 10.9 Å². The SMILES string of the molecule is CN1C(I)=NC2=C(Cl)N=CNC21. The number of nitrogens with one attached hydrogen (secondary N) is 1. The van der Waals surface area contributed by atoms with Crippen molar-refractivity contribution in [2.45, 2.75) is 6.17 Å². The molecule has 2 aliphatic heterocycles. The number of fused-ring (bicyclic) bond motifs is 1. The first-order chi connectivity index (χ1) is 5.70. The van der Waals surface area contributed by atoms with E-state index in [9.17, 15) is 0 Å². The summed E-state index contributed by atoms with van der Waals surface area (Å²) >= 11 is 8.01. The lowest BCUT2D eigenvalue weighted by Gasteiger charge is -2.23. The minimum atomic E-state index is 0.0573. The molecule has 1 atom stereocenters. The lowest BCUT2D eigenvalue weighted by atomic mass is 10.3. The molecule has 4 nitrogen and oxygen atoms in total. The van der Waals surface area contributed by atoms with Crippen LogP contribution in [-0.2, 0) is 0 Å². The van der Waals surface area contributed by atoms with Gasteiger partial charge in [0, 0.05) is 7.05 Å². The fourth-order valence-corrected chi connectivity index (χ4v) is 1.84. The molecule has 0 aromatic carbocycles. The lowest BCUT2D eigenvalue weighted by molar-refractivity contribution is 0.415. The summed E-state index contributed by atoms with van der Waals surface area (Å²) in [6, 6.07) is 0. The van der Waals surface area contributed by atoms with Gasteiger partial charge in [0.05, 0.1) is 6.34 Å². The molecule has 2 heterocycles. The van der Waals surface area contributed by atoms with Gasteiger partial charge in [-0.05, 0) is 22.6 Å². The number of rotatable bonds is 0. The van der Waals surface area contributed by atoms with Crippen LogP contribution in [0.1, 0.15) is 0 Å². The molecule has 0 aromatic heterocycles. The third-order valence-electron chi connectivity index (χ3n) is 1.77. The van der Waals surface area contributed by atoms with E-state index in [0.717, 1.165) is 9.54 Å². The van der Waals surface area contributed by atoms with E-state index in [2.05, 4.69) is 37.9 Å². The van der Waals surface area contributed by atoms with E-state index in [-0.39, 0.29) is 6.17 Å². The molecule has 0 bridgehead atoms. The van der Waals surface area contributed by atoms with E-state index in [1.54, 1.807) is 6.34 Å².